The second kappa shape index (κ2) is 7.42. The number of benzene rings is 2. The molecule has 124 valence electrons. The topological polar surface area (TPSA) is 17.8 Å². The fourth-order valence-electron chi connectivity index (χ4n) is 2.78. The van der Waals surface area contributed by atoms with Crippen molar-refractivity contribution in [1.82, 2.24) is 9.78 Å². The van der Waals surface area contributed by atoms with Crippen LogP contribution < -0.4 is 0 Å². The van der Waals surface area contributed by atoms with Crippen LogP contribution >= 0.6 is 23.2 Å². The highest BCUT2D eigenvalue weighted by atomic mass is 35.5. The van der Waals surface area contributed by atoms with E-state index < -0.39 is 0 Å². The monoisotopic (exact) mass is 358 g/mol. The van der Waals surface area contributed by atoms with Gasteiger partial charge in [0.1, 0.15) is 5.15 Å². The van der Waals surface area contributed by atoms with Crippen LogP contribution in [0, 0.1) is 5.92 Å². The maximum absolute atomic E-state index is 6.30. The molecule has 4 heteroatoms. The Morgan fingerprint density at radius 2 is 1.79 bits per heavy atom. The van der Waals surface area contributed by atoms with Gasteiger partial charge in [0.2, 0.25) is 0 Å². The van der Waals surface area contributed by atoms with Crippen LogP contribution in [-0.2, 0) is 12.3 Å². The van der Waals surface area contributed by atoms with E-state index in [-0.39, 0.29) is 0 Å². The molecule has 1 aromatic heterocycles. The summed E-state index contributed by atoms with van der Waals surface area (Å²) in [5, 5.41) is 4.87. The number of aromatic nitrogens is 2. The number of nitrogens with zero attached hydrogens (tertiary/aromatic N) is 2. The van der Waals surface area contributed by atoms with Crippen LogP contribution in [-0.4, -0.2) is 9.78 Å². The van der Waals surface area contributed by atoms with E-state index in [0.29, 0.717) is 17.0 Å². The largest absolute Gasteiger partial charge is 0.222 e. The molecule has 0 saturated heterocycles. The Morgan fingerprint density at radius 1 is 1.04 bits per heavy atom. The summed E-state index contributed by atoms with van der Waals surface area (Å²) < 4.78 is 1.71. The van der Waals surface area contributed by atoms with Gasteiger partial charge in [-0.25, -0.2) is 4.68 Å². The molecule has 0 saturated carbocycles. The third-order valence-electron chi connectivity index (χ3n) is 3.94. The fraction of sp³-hybridized carbons (Fsp3) is 0.250. The first kappa shape index (κ1) is 17.1. The molecular formula is C20H20Cl2N2. The Balaban J connectivity index is 1.88. The zero-order valence-corrected chi connectivity index (χ0v) is 15.3. The van der Waals surface area contributed by atoms with Crippen molar-refractivity contribution in [3.8, 4) is 16.8 Å². The predicted octanol–water partition coefficient (Wildman–Crippen LogP) is 6.13. The Bertz CT molecular complexity index is 820. The van der Waals surface area contributed by atoms with Gasteiger partial charge in [-0.1, -0.05) is 61.8 Å². The van der Waals surface area contributed by atoms with Crippen LogP contribution in [0.1, 0.15) is 25.0 Å². The summed E-state index contributed by atoms with van der Waals surface area (Å²) in [4.78, 5) is 0. The van der Waals surface area contributed by atoms with Crippen molar-refractivity contribution in [2.75, 3.05) is 0 Å². The van der Waals surface area contributed by atoms with Gasteiger partial charge in [0.05, 0.1) is 17.8 Å². The Morgan fingerprint density at radius 3 is 2.42 bits per heavy atom. The number of alkyl halides is 1. The van der Waals surface area contributed by atoms with Crippen LogP contribution in [0.5, 0.6) is 0 Å². The molecule has 0 atom stereocenters. The minimum absolute atomic E-state index is 0.361. The van der Waals surface area contributed by atoms with E-state index in [1.165, 1.54) is 16.7 Å². The van der Waals surface area contributed by atoms with Gasteiger partial charge in [-0.05, 0) is 41.2 Å². The van der Waals surface area contributed by atoms with Crippen LogP contribution in [0.2, 0.25) is 5.15 Å². The quantitative estimate of drug-likeness (QED) is 0.501. The summed E-state index contributed by atoms with van der Waals surface area (Å²) >= 11 is 12.2. The second-order valence-electron chi connectivity index (χ2n) is 6.35. The van der Waals surface area contributed by atoms with Crippen molar-refractivity contribution < 1.29 is 0 Å². The van der Waals surface area contributed by atoms with Crippen LogP contribution in [0.25, 0.3) is 16.8 Å². The second-order valence-corrected chi connectivity index (χ2v) is 6.98. The summed E-state index contributed by atoms with van der Waals surface area (Å²) in [6, 6.07) is 17.0. The highest BCUT2D eigenvalue weighted by Gasteiger charge is 2.09. The minimum Gasteiger partial charge on any atom is -0.222 e. The first-order valence-electron chi connectivity index (χ1n) is 8.06. The molecule has 0 amide bonds. The van der Waals surface area contributed by atoms with Crippen molar-refractivity contribution >= 4 is 23.2 Å². The average molecular weight is 359 g/mol. The Kier molecular flexibility index (Phi) is 5.27. The number of halogens is 2. The molecule has 2 nitrogen and oxygen atoms in total. The zero-order chi connectivity index (χ0) is 17.1. The highest BCUT2D eigenvalue weighted by molar-refractivity contribution is 6.31. The third kappa shape index (κ3) is 3.66. The molecule has 1 heterocycles. The van der Waals surface area contributed by atoms with Gasteiger partial charge >= 0.3 is 0 Å². The van der Waals surface area contributed by atoms with Gasteiger partial charge in [0.15, 0.2) is 0 Å². The lowest BCUT2D eigenvalue weighted by atomic mass is 9.98. The van der Waals surface area contributed by atoms with Gasteiger partial charge in [-0.15, -0.1) is 11.6 Å². The van der Waals surface area contributed by atoms with Gasteiger partial charge in [-0.2, -0.15) is 5.10 Å². The maximum Gasteiger partial charge on any atom is 0.137 e. The van der Waals surface area contributed by atoms with E-state index in [9.17, 15) is 0 Å². The molecule has 3 rings (SSSR count). The lowest BCUT2D eigenvalue weighted by molar-refractivity contribution is 0.647. The summed E-state index contributed by atoms with van der Waals surface area (Å²) in [5.41, 5.74) is 5.55. The molecule has 0 radical (unpaired) electrons. The van der Waals surface area contributed by atoms with E-state index in [0.717, 1.165) is 17.7 Å². The SMILES string of the molecule is CC(C)Cc1cccc(-c2ccc(-n3ncc(CCl)c3Cl)cc2)c1. The normalized spacial score (nSPS) is 11.2. The molecule has 3 aromatic rings. The van der Waals surface area contributed by atoms with E-state index in [4.69, 9.17) is 23.2 Å². The van der Waals surface area contributed by atoms with Crippen molar-refractivity contribution in [1.29, 1.82) is 0 Å². The first-order valence-corrected chi connectivity index (χ1v) is 8.98. The summed E-state index contributed by atoms with van der Waals surface area (Å²) in [5.74, 6) is 1.01. The Labute approximate surface area is 153 Å². The minimum atomic E-state index is 0.361. The van der Waals surface area contributed by atoms with Crippen LogP contribution in [0.4, 0.5) is 0 Å². The molecule has 0 fully saturated rings. The third-order valence-corrected chi connectivity index (χ3v) is 4.63. The van der Waals surface area contributed by atoms with Gasteiger partial charge in [-0.3, -0.25) is 0 Å². The molecular weight excluding hydrogens is 339 g/mol. The Hall–Kier alpha value is -1.77. The van der Waals surface area contributed by atoms with Crippen LogP contribution in [0.3, 0.4) is 0 Å². The van der Waals surface area contributed by atoms with Gasteiger partial charge in [0.25, 0.3) is 0 Å². The highest BCUT2D eigenvalue weighted by Crippen LogP contribution is 2.25. The molecule has 0 aliphatic rings. The van der Waals surface area contributed by atoms with Crippen molar-refractivity contribution in [2.24, 2.45) is 5.92 Å². The lowest BCUT2D eigenvalue weighted by Crippen LogP contribution is -1.96. The number of rotatable bonds is 5. The van der Waals surface area contributed by atoms with E-state index in [1.54, 1.807) is 10.9 Å². The van der Waals surface area contributed by atoms with E-state index in [2.05, 4.69) is 55.3 Å². The molecule has 0 bridgehead atoms. The molecule has 24 heavy (non-hydrogen) atoms. The van der Waals surface area contributed by atoms with Crippen molar-refractivity contribution in [2.45, 2.75) is 26.1 Å². The van der Waals surface area contributed by atoms with Gasteiger partial charge in [0, 0.05) is 5.56 Å². The zero-order valence-electron chi connectivity index (χ0n) is 13.8. The average Bonchev–Trinajstić information content (AvgIpc) is 2.95. The smallest absolute Gasteiger partial charge is 0.137 e. The summed E-state index contributed by atoms with van der Waals surface area (Å²) in [7, 11) is 0. The fourth-order valence-corrected chi connectivity index (χ4v) is 3.30. The van der Waals surface area contributed by atoms with Crippen LogP contribution in [0.15, 0.2) is 54.7 Å². The lowest BCUT2D eigenvalue weighted by Gasteiger charge is -2.09. The van der Waals surface area contributed by atoms with Crippen molar-refractivity contribution in [3.63, 3.8) is 0 Å². The summed E-state index contributed by atoms with van der Waals surface area (Å²) in [6.07, 6.45) is 2.80. The predicted molar refractivity (Wildman–Crippen MR) is 102 cm³/mol. The van der Waals surface area contributed by atoms with E-state index >= 15 is 0 Å². The molecule has 0 aliphatic heterocycles. The molecule has 0 spiro atoms. The van der Waals surface area contributed by atoms with Gasteiger partial charge < -0.3 is 0 Å². The van der Waals surface area contributed by atoms with Crippen molar-refractivity contribution in [3.05, 3.63) is 71.0 Å². The van der Waals surface area contributed by atoms with E-state index in [1.807, 2.05) is 12.1 Å². The molecule has 0 N–H and O–H groups in total. The number of hydrogen-bond acceptors (Lipinski definition) is 1. The molecule has 0 unspecified atom stereocenters. The summed E-state index contributed by atoms with van der Waals surface area (Å²) in [6.45, 7) is 4.48. The first-order chi connectivity index (χ1) is 11.6. The number of hydrogen-bond donors (Lipinski definition) is 0. The molecule has 0 aliphatic carbocycles. The maximum atomic E-state index is 6.30. The molecule has 2 aromatic carbocycles. The standard InChI is InChI=1S/C20H20Cl2N2/c1-14(2)10-15-4-3-5-17(11-15)16-6-8-19(9-7-16)24-20(22)18(12-21)13-23-24/h3-9,11,13-14H,10,12H2,1-2H3.